The summed E-state index contributed by atoms with van der Waals surface area (Å²) in [5.41, 5.74) is 1.18. The molecule has 15 heavy (non-hydrogen) atoms. The minimum absolute atomic E-state index is 0.912. The average molecular weight is 201 g/mol. The molecule has 0 spiro atoms. The molecule has 0 saturated heterocycles. The molecule has 0 N–H and O–H groups in total. The molecular formula is C12H15N3. The monoisotopic (exact) mass is 201 g/mol. The van der Waals surface area contributed by atoms with Crippen LogP contribution >= 0.6 is 0 Å². The second kappa shape index (κ2) is 4.17. The van der Waals surface area contributed by atoms with E-state index in [-0.39, 0.29) is 0 Å². The van der Waals surface area contributed by atoms with Crippen LogP contribution in [0.4, 0.5) is 11.6 Å². The van der Waals surface area contributed by atoms with E-state index in [9.17, 15) is 0 Å². The third-order valence-corrected chi connectivity index (χ3v) is 2.42. The minimum Gasteiger partial charge on any atom is -0.320 e. The predicted octanol–water partition coefficient (Wildman–Crippen LogP) is 2.58. The molecule has 3 heteroatoms. The number of hydrogen-bond acceptors (Lipinski definition) is 2. The second-order valence-electron chi connectivity index (χ2n) is 3.42. The first-order chi connectivity index (χ1) is 7.33. The van der Waals surface area contributed by atoms with Crippen molar-refractivity contribution in [2.45, 2.75) is 6.92 Å². The molecule has 0 amide bonds. The fraction of sp³-hybridized carbons (Fsp3) is 0.250. The Morgan fingerprint density at radius 2 is 2.00 bits per heavy atom. The van der Waals surface area contributed by atoms with Gasteiger partial charge in [0.05, 0.1) is 0 Å². The number of anilines is 2. The fourth-order valence-electron chi connectivity index (χ4n) is 1.67. The molecule has 0 aliphatic heterocycles. The molecule has 0 atom stereocenters. The van der Waals surface area contributed by atoms with Crippen LogP contribution in [0, 0.1) is 0 Å². The lowest BCUT2D eigenvalue weighted by Gasteiger charge is -2.21. The molecule has 78 valence electrons. The van der Waals surface area contributed by atoms with Crippen molar-refractivity contribution in [2.24, 2.45) is 7.05 Å². The van der Waals surface area contributed by atoms with Crippen molar-refractivity contribution in [2.75, 3.05) is 11.4 Å². The van der Waals surface area contributed by atoms with Crippen molar-refractivity contribution in [1.82, 2.24) is 9.55 Å². The Balaban J connectivity index is 2.37. The number of nitrogens with zero attached hydrogens (tertiary/aromatic N) is 3. The van der Waals surface area contributed by atoms with Gasteiger partial charge < -0.3 is 9.47 Å². The van der Waals surface area contributed by atoms with E-state index in [0.29, 0.717) is 0 Å². The number of rotatable bonds is 3. The van der Waals surface area contributed by atoms with E-state index in [4.69, 9.17) is 0 Å². The van der Waals surface area contributed by atoms with Gasteiger partial charge in [0.1, 0.15) is 0 Å². The maximum absolute atomic E-state index is 4.35. The van der Waals surface area contributed by atoms with Gasteiger partial charge in [-0.1, -0.05) is 18.2 Å². The van der Waals surface area contributed by atoms with Crippen LogP contribution in [0.3, 0.4) is 0 Å². The first-order valence-corrected chi connectivity index (χ1v) is 5.13. The molecular weight excluding hydrogens is 186 g/mol. The van der Waals surface area contributed by atoms with Crippen molar-refractivity contribution in [3.63, 3.8) is 0 Å². The lowest BCUT2D eigenvalue weighted by molar-refractivity contribution is 0.851. The third kappa shape index (κ3) is 1.86. The van der Waals surface area contributed by atoms with Crippen LogP contribution in [-0.4, -0.2) is 16.1 Å². The molecule has 0 saturated carbocycles. The summed E-state index contributed by atoms with van der Waals surface area (Å²) >= 11 is 0. The summed E-state index contributed by atoms with van der Waals surface area (Å²) in [7, 11) is 2.01. The van der Waals surface area contributed by atoms with E-state index < -0.39 is 0 Å². The van der Waals surface area contributed by atoms with Crippen LogP contribution in [-0.2, 0) is 7.05 Å². The van der Waals surface area contributed by atoms with E-state index in [1.807, 2.05) is 42.2 Å². The number of imidazole rings is 1. The summed E-state index contributed by atoms with van der Waals surface area (Å²) in [6.45, 7) is 3.04. The normalized spacial score (nSPS) is 10.3. The Labute approximate surface area is 90.0 Å². The van der Waals surface area contributed by atoms with Crippen LogP contribution in [0.1, 0.15) is 6.92 Å². The SMILES string of the molecule is CCN(c1ccccc1)c1nccn1C. The molecule has 0 aliphatic rings. The topological polar surface area (TPSA) is 21.1 Å². The van der Waals surface area contributed by atoms with E-state index in [0.717, 1.165) is 12.5 Å². The lowest BCUT2D eigenvalue weighted by Crippen LogP contribution is -2.19. The lowest BCUT2D eigenvalue weighted by atomic mass is 10.3. The van der Waals surface area contributed by atoms with E-state index in [1.54, 1.807) is 0 Å². The number of benzene rings is 1. The smallest absolute Gasteiger partial charge is 0.209 e. The van der Waals surface area contributed by atoms with Crippen LogP contribution in [0.15, 0.2) is 42.7 Å². The van der Waals surface area contributed by atoms with Gasteiger partial charge in [0.2, 0.25) is 5.95 Å². The van der Waals surface area contributed by atoms with Crippen LogP contribution in [0.5, 0.6) is 0 Å². The summed E-state index contributed by atoms with van der Waals surface area (Å²) in [5.74, 6) is 0.976. The third-order valence-electron chi connectivity index (χ3n) is 2.42. The molecule has 2 rings (SSSR count). The van der Waals surface area contributed by atoms with Crippen molar-refractivity contribution in [1.29, 1.82) is 0 Å². The van der Waals surface area contributed by atoms with Gasteiger partial charge in [-0.05, 0) is 19.1 Å². The Morgan fingerprint density at radius 1 is 1.27 bits per heavy atom. The first kappa shape index (κ1) is 9.77. The Kier molecular flexibility index (Phi) is 2.72. The van der Waals surface area contributed by atoms with Crippen LogP contribution < -0.4 is 4.90 Å². The minimum atomic E-state index is 0.912. The summed E-state index contributed by atoms with van der Waals surface area (Å²) in [5, 5.41) is 0. The Hall–Kier alpha value is -1.77. The molecule has 0 bridgehead atoms. The molecule has 1 aromatic carbocycles. The predicted molar refractivity (Wildman–Crippen MR) is 62.3 cm³/mol. The largest absolute Gasteiger partial charge is 0.320 e. The maximum atomic E-state index is 4.35. The summed E-state index contributed by atoms with van der Waals surface area (Å²) < 4.78 is 2.02. The highest BCUT2D eigenvalue weighted by Crippen LogP contribution is 2.21. The number of aryl methyl sites for hydroxylation is 1. The standard InChI is InChI=1S/C12H15N3/c1-3-15(11-7-5-4-6-8-11)12-13-9-10-14(12)2/h4-10H,3H2,1-2H3. The van der Waals surface area contributed by atoms with Crippen LogP contribution in [0.25, 0.3) is 0 Å². The molecule has 3 nitrogen and oxygen atoms in total. The van der Waals surface area contributed by atoms with Gasteiger partial charge in [0.15, 0.2) is 0 Å². The zero-order valence-electron chi connectivity index (χ0n) is 9.09. The van der Waals surface area contributed by atoms with Gasteiger partial charge in [-0.25, -0.2) is 4.98 Å². The van der Waals surface area contributed by atoms with Gasteiger partial charge >= 0.3 is 0 Å². The number of para-hydroxylation sites is 1. The molecule has 1 aromatic heterocycles. The Bertz CT molecular complexity index is 419. The molecule has 0 unspecified atom stereocenters. The second-order valence-corrected chi connectivity index (χ2v) is 3.42. The highest BCUT2D eigenvalue weighted by Gasteiger charge is 2.10. The Morgan fingerprint density at radius 3 is 2.53 bits per heavy atom. The molecule has 2 aromatic rings. The van der Waals surface area contributed by atoms with Crippen molar-refractivity contribution in [3.05, 3.63) is 42.7 Å². The zero-order chi connectivity index (χ0) is 10.7. The van der Waals surface area contributed by atoms with Gasteiger partial charge in [-0.2, -0.15) is 0 Å². The van der Waals surface area contributed by atoms with Gasteiger partial charge in [0, 0.05) is 31.7 Å². The van der Waals surface area contributed by atoms with Crippen molar-refractivity contribution < 1.29 is 0 Å². The van der Waals surface area contributed by atoms with E-state index >= 15 is 0 Å². The molecule has 0 aliphatic carbocycles. The van der Waals surface area contributed by atoms with Crippen molar-refractivity contribution >= 4 is 11.6 Å². The average Bonchev–Trinajstić information content (AvgIpc) is 2.68. The van der Waals surface area contributed by atoms with Gasteiger partial charge in [0.25, 0.3) is 0 Å². The fourth-order valence-corrected chi connectivity index (χ4v) is 1.67. The van der Waals surface area contributed by atoms with E-state index in [1.165, 1.54) is 5.69 Å². The summed E-state index contributed by atoms with van der Waals surface area (Å²) in [6, 6.07) is 10.3. The van der Waals surface area contributed by atoms with Crippen LogP contribution in [0.2, 0.25) is 0 Å². The summed E-state index contributed by atoms with van der Waals surface area (Å²) in [4.78, 5) is 6.53. The summed E-state index contributed by atoms with van der Waals surface area (Å²) in [6.07, 6.45) is 3.78. The highest BCUT2D eigenvalue weighted by molar-refractivity contribution is 5.57. The van der Waals surface area contributed by atoms with Crippen molar-refractivity contribution in [3.8, 4) is 0 Å². The maximum Gasteiger partial charge on any atom is 0.209 e. The quantitative estimate of drug-likeness (QED) is 0.761. The highest BCUT2D eigenvalue weighted by atomic mass is 15.3. The van der Waals surface area contributed by atoms with E-state index in [2.05, 4.69) is 28.9 Å². The first-order valence-electron chi connectivity index (χ1n) is 5.13. The van der Waals surface area contributed by atoms with Gasteiger partial charge in [-0.3, -0.25) is 0 Å². The molecule has 1 heterocycles. The number of aromatic nitrogens is 2. The number of hydrogen-bond donors (Lipinski definition) is 0. The molecule has 0 radical (unpaired) electrons. The molecule has 0 fully saturated rings. The van der Waals surface area contributed by atoms with Gasteiger partial charge in [-0.15, -0.1) is 0 Å². The zero-order valence-corrected chi connectivity index (χ0v) is 9.09.